The molecule has 1 aliphatic heterocycles. The van der Waals surface area contributed by atoms with Crippen LogP contribution in [0.25, 0.3) is 11.0 Å². The number of anilines is 1. The summed E-state index contributed by atoms with van der Waals surface area (Å²) < 4.78 is 0. The SMILES string of the molecule is CCC1(C(=O)Nc2ccc3nc(C)[nH]c3c2)CCNCC1. The van der Waals surface area contributed by atoms with Gasteiger partial charge in [0.25, 0.3) is 0 Å². The molecule has 3 rings (SSSR count). The van der Waals surface area contributed by atoms with Crippen molar-refractivity contribution >= 4 is 22.6 Å². The van der Waals surface area contributed by atoms with Crippen LogP contribution in [0.15, 0.2) is 18.2 Å². The predicted octanol–water partition coefficient (Wildman–Crippen LogP) is 2.59. The minimum absolute atomic E-state index is 0.141. The summed E-state index contributed by atoms with van der Waals surface area (Å²) >= 11 is 0. The van der Waals surface area contributed by atoms with Gasteiger partial charge in [-0.25, -0.2) is 4.98 Å². The molecule has 1 aromatic heterocycles. The maximum Gasteiger partial charge on any atom is 0.230 e. The van der Waals surface area contributed by atoms with Crippen molar-refractivity contribution in [2.45, 2.75) is 33.1 Å². The first kappa shape index (κ1) is 14.1. The summed E-state index contributed by atoms with van der Waals surface area (Å²) in [6.07, 6.45) is 2.69. The van der Waals surface area contributed by atoms with E-state index in [1.165, 1.54) is 0 Å². The number of benzene rings is 1. The highest BCUT2D eigenvalue weighted by Gasteiger charge is 2.37. The first-order chi connectivity index (χ1) is 10.1. The number of hydrogen-bond donors (Lipinski definition) is 3. The third-order valence-electron chi connectivity index (χ3n) is 4.58. The molecule has 21 heavy (non-hydrogen) atoms. The van der Waals surface area contributed by atoms with Crippen LogP contribution in [-0.4, -0.2) is 29.0 Å². The second-order valence-corrected chi connectivity index (χ2v) is 5.89. The van der Waals surface area contributed by atoms with Gasteiger partial charge in [-0.05, 0) is 57.5 Å². The number of carbonyl (C=O) groups excluding carboxylic acids is 1. The van der Waals surface area contributed by atoms with Gasteiger partial charge in [-0.2, -0.15) is 0 Å². The van der Waals surface area contributed by atoms with Crippen molar-refractivity contribution in [3.63, 3.8) is 0 Å². The number of imidazole rings is 1. The zero-order valence-corrected chi connectivity index (χ0v) is 12.6. The normalized spacial score (nSPS) is 17.8. The smallest absolute Gasteiger partial charge is 0.230 e. The first-order valence-corrected chi connectivity index (χ1v) is 7.61. The lowest BCUT2D eigenvalue weighted by Crippen LogP contribution is -2.44. The second kappa shape index (κ2) is 5.48. The van der Waals surface area contributed by atoms with E-state index in [1.54, 1.807) is 0 Å². The van der Waals surface area contributed by atoms with Gasteiger partial charge in [-0.1, -0.05) is 6.92 Å². The van der Waals surface area contributed by atoms with Crippen LogP contribution in [0.5, 0.6) is 0 Å². The summed E-state index contributed by atoms with van der Waals surface area (Å²) in [5.74, 6) is 1.03. The minimum Gasteiger partial charge on any atom is -0.342 e. The Balaban J connectivity index is 1.81. The highest BCUT2D eigenvalue weighted by molar-refractivity contribution is 5.96. The molecule has 112 valence electrons. The number of piperidine rings is 1. The molecule has 0 bridgehead atoms. The van der Waals surface area contributed by atoms with Crippen LogP contribution < -0.4 is 10.6 Å². The van der Waals surface area contributed by atoms with Crippen molar-refractivity contribution in [1.29, 1.82) is 0 Å². The van der Waals surface area contributed by atoms with Gasteiger partial charge in [-0.3, -0.25) is 4.79 Å². The molecule has 1 saturated heterocycles. The summed E-state index contributed by atoms with van der Waals surface area (Å²) in [5, 5.41) is 6.42. The number of fused-ring (bicyclic) bond motifs is 1. The predicted molar refractivity (Wildman–Crippen MR) is 84.3 cm³/mol. The average molecular weight is 286 g/mol. The fraction of sp³-hybridized carbons (Fsp3) is 0.500. The monoisotopic (exact) mass is 286 g/mol. The Bertz CT molecular complexity index is 655. The highest BCUT2D eigenvalue weighted by atomic mass is 16.2. The van der Waals surface area contributed by atoms with Crippen LogP contribution in [0.4, 0.5) is 5.69 Å². The maximum absolute atomic E-state index is 12.7. The van der Waals surface area contributed by atoms with E-state index >= 15 is 0 Å². The van der Waals surface area contributed by atoms with E-state index in [0.717, 1.165) is 54.9 Å². The maximum atomic E-state index is 12.7. The largest absolute Gasteiger partial charge is 0.342 e. The molecule has 1 aromatic carbocycles. The third-order valence-corrected chi connectivity index (χ3v) is 4.58. The number of aromatic amines is 1. The fourth-order valence-corrected chi connectivity index (χ4v) is 3.13. The van der Waals surface area contributed by atoms with Gasteiger partial charge < -0.3 is 15.6 Å². The lowest BCUT2D eigenvalue weighted by molar-refractivity contribution is -0.127. The Kier molecular flexibility index (Phi) is 3.68. The molecule has 0 radical (unpaired) electrons. The molecule has 3 N–H and O–H groups in total. The Morgan fingerprint density at radius 1 is 1.38 bits per heavy atom. The van der Waals surface area contributed by atoms with Crippen LogP contribution in [0.3, 0.4) is 0 Å². The molecule has 1 fully saturated rings. The summed E-state index contributed by atoms with van der Waals surface area (Å²) in [6.45, 7) is 5.87. The standard InChI is InChI=1S/C16H22N4O/c1-3-16(6-8-17-9-7-16)15(21)20-12-4-5-13-14(10-12)19-11(2)18-13/h4-5,10,17H,3,6-9H2,1-2H3,(H,18,19)(H,20,21). The van der Waals surface area contributed by atoms with E-state index in [4.69, 9.17) is 0 Å². The van der Waals surface area contributed by atoms with E-state index in [2.05, 4.69) is 27.5 Å². The van der Waals surface area contributed by atoms with Crippen LogP contribution in [-0.2, 0) is 4.79 Å². The fourth-order valence-electron chi connectivity index (χ4n) is 3.13. The van der Waals surface area contributed by atoms with Gasteiger partial charge >= 0.3 is 0 Å². The number of amides is 1. The number of H-pyrrole nitrogens is 1. The number of nitrogens with zero attached hydrogens (tertiary/aromatic N) is 1. The number of aromatic nitrogens is 2. The zero-order chi connectivity index (χ0) is 14.9. The van der Waals surface area contributed by atoms with E-state index in [1.807, 2.05) is 25.1 Å². The molecule has 5 heteroatoms. The van der Waals surface area contributed by atoms with E-state index < -0.39 is 0 Å². The van der Waals surface area contributed by atoms with Gasteiger partial charge in [0.2, 0.25) is 5.91 Å². The Hall–Kier alpha value is -1.88. The molecule has 0 aliphatic carbocycles. The quantitative estimate of drug-likeness (QED) is 0.812. The van der Waals surface area contributed by atoms with Gasteiger partial charge in [0.1, 0.15) is 5.82 Å². The molecule has 2 heterocycles. The molecule has 0 unspecified atom stereocenters. The topological polar surface area (TPSA) is 69.8 Å². The molecule has 5 nitrogen and oxygen atoms in total. The number of carbonyl (C=O) groups is 1. The Morgan fingerprint density at radius 3 is 2.86 bits per heavy atom. The lowest BCUT2D eigenvalue weighted by atomic mass is 9.76. The van der Waals surface area contributed by atoms with Crippen LogP contribution in [0, 0.1) is 12.3 Å². The van der Waals surface area contributed by atoms with E-state index in [-0.39, 0.29) is 11.3 Å². The van der Waals surface area contributed by atoms with Crippen molar-refractivity contribution in [1.82, 2.24) is 15.3 Å². The Morgan fingerprint density at radius 2 is 2.14 bits per heavy atom. The van der Waals surface area contributed by atoms with Crippen molar-refractivity contribution in [3.05, 3.63) is 24.0 Å². The second-order valence-electron chi connectivity index (χ2n) is 5.89. The van der Waals surface area contributed by atoms with Gasteiger partial charge in [0.05, 0.1) is 16.4 Å². The summed E-state index contributed by atoms with van der Waals surface area (Å²) in [7, 11) is 0. The number of nitrogens with one attached hydrogen (secondary N) is 3. The zero-order valence-electron chi connectivity index (χ0n) is 12.6. The van der Waals surface area contributed by atoms with Crippen molar-refractivity contribution < 1.29 is 4.79 Å². The van der Waals surface area contributed by atoms with Crippen LogP contribution in [0.1, 0.15) is 32.0 Å². The van der Waals surface area contributed by atoms with E-state index in [0.29, 0.717) is 0 Å². The number of aryl methyl sites for hydroxylation is 1. The molecule has 1 amide bonds. The molecular weight excluding hydrogens is 264 g/mol. The summed E-state index contributed by atoms with van der Waals surface area (Å²) in [5.41, 5.74) is 2.49. The number of rotatable bonds is 3. The highest BCUT2D eigenvalue weighted by Crippen LogP contribution is 2.34. The molecule has 0 atom stereocenters. The summed E-state index contributed by atoms with van der Waals surface area (Å²) in [4.78, 5) is 20.3. The van der Waals surface area contributed by atoms with Crippen molar-refractivity contribution in [2.75, 3.05) is 18.4 Å². The molecule has 0 saturated carbocycles. The van der Waals surface area contributed by atoms with Crippen LogP contribution in [0.2, 0.25) is 0 Å². The minimum atomic E-state index is -0.232. The number of hydrogen-bond acceptors (Lipinski definition) is 3. The third kappa shape index (κ3) is 2.65. The Labute approximate surface area is 124 Å². The van der Waals surface area contributed by atoms with Crippen molar-refractivity contribution in [3.8, 4) is 0 Å². The van der Waals surface area contributed by atoms with Gasteiger partial charge in [0.15, 0.2) is 0 Å². The van der Waals surface area contributed by atoms with Crippen molar-refractivity contribution in [2.24, 2.45) is 5.41 Å². The average Bonchev–Trinajstić information content (AvgIpc) is 2.87. The first-order valence-electron chi connectivity index (χ1n) is 7.61. The van der Waals surface area contributed by atoms with Gasteiger partial charge in [0, 0.05) is 5.69 Å². The molecule has 2 aromatic rings. The van der Waals surface area contributed by atoms with Gasteiger partial charge in [-0.15, -0.1) is 0 Å². The van der Waals surface area contributed by atoms with Crippen LogP contribution >= 0.6 is 0 Å². The lowest BCUT2D eigenvalue weighted by Gasteiger charge is -2.35. The summed E-state index contributed by atoms with van der Waals surface area (Å²) in [6, 6.07) is 5.82. The van der Waals surface area contributed by atoms with E-state index in [9.17, 15) is 4.79 Å². The molecular formula is C16H22N4O. The molecule has 1 aliphatic rings. The molecule has 0 spiro atoms.